The van der Waals surface area contributed by atoms with Crippen molar-refractivity contribution in [1.29, 1.82) is 0 Å². The quantitative estimate of drug-likeness (QED) is 0.191. The van der Waals surface area contributed by atoms with E-state index in [0.717, 1.165) is 35.2 Å². The van der Waals surface area contributed by atoms with Gasteiger partial charge >= 0.3 is 0 Å². The first kappa shape index (κ1) is 19.7. The van der Waals surface area contributed by atoms with Crippen molar-refractivity contribution < 1.29 is 4.74 Å². The standard InChI is InChI=1S/C18H29ClN2OSSi/c1-13(20-14-7-8-14)21-16-11-15(19)17(12-18(16)23-2)22-9-6-10-24(3,4)5/h11-12,14H,6-10H2,1-5H3,(H,20,21). The lowest BCUT2D eigenvalue weighted by atomic mass is 10.3. The van der Waals surface area contributed by atoms with E-state index in [1.54, 1.807) is 11.8 Å². The number of halogens is 1. The maximum atomic E-state index is 6.42. The summed E-state index contributed by atoms with van der Waals surface area (Å²) in [5, 5.41) is 4.04. The van der Waals surface area contributed by atoms with Crippen molar-refractivity contribution in [2.24, 2.45) is 4.99 Å². The molecule has 0 spiro atoms. The summed E-state index contributed by atoms with van der Waals surface area (Å²) < 4.78 is 5.93. The van der Waals surface area contributed by atoms with Crippen molar-refractivity contribution in [3.05, 3.63) is 17.2 Å². The van der Waals surface area contributed by atoms with Gasteiger partial charge in [-0.3, -0.25) is 4.99 Å². The molecule has 0 radical (unpaired) electrons. The molecule has 134 valence electrons. The second-order valence-electron chi connectivity index (χ2n) is 7.57. The number of hydrogen-bond donors (Lipinski definition) is 1. The van der Waals surface area contributed by atoms with E-state index in [4.69, 9.17) is 16.3 Å². The second kappa shape index (κ2) is 8.63. The Labute approximate surface area is 156 Å². The third-order valence-electron chi connectivity index (χ3n) is 3.82. The lowest BCUT2D eigenvalue weighted by Crippen LogP contribution is -2.20. The minimum absolute atomic E-state index is 0.514. The topological polar surface area (TPSA) is 33.6 Å². The maximum absolute atomic E-state index is 6.42. The van der Waals surface area contributed by atoms with Crippen LogP contribution >= 0.6 is 23.4 Å². The number of aliphatic imine (C=N–C) groups is 1. The lowest BCUT2D eigenvalue weighted by Gasteiger charge is -2.17. The zero-order chi connectivity index (χ0) is 17.7. The normalized spacial score (nSPS) is 15.5. The summed E-state index contributed by atoms with van der Waals surface area (Å²) in [5.41, 5.74) is 1.00. The highest BCUT2D eigenvalue weighted by Crippen LogP contribution is 2.36. The summed E-state index contributed by atoms with van der Waals surface area (Å²) in [4.78, 5) is 5.75. The van der Waals surface area contributed by atoms with Gasteiger partial charge in [-0.1, -0.05) is 37.3 Å². The van der Waals surface area contributed by atoms with Crippen LogP contribution in [0, 0.1) is 0 Å². The number of hydrogen-bond acceptors (Lipinski definition) is 3. The average Bonchev–Trinajstić information content (AvgIpc) is 3.28. The third kappa shape index (κ3) is 6.69. The molecule has 0 aliphatic heterocycles. The fourth-order valence-corrected chi connectivity index (χ4v) is 4.38. The molecule has 0 saturated heterocycles. The number of ether oxygens (including phenoxy) is 1. The summed E-state index contributed by atoms with van der Waals surface area (Å²) >= 11 is 8.11. The molecule has 24 heavy (non-hydrogen) atoms. The zero-order valence-electron chi connectivity index (χ0n) is 15.4. The van der Waals surface area contributed by atoms with Gasteiger partial charge in [0.15, 0.2) is 0 Å². The van der Waals surface area contributed by atoms with Crippen LogP contribution in [-0.2, 0) is 0 Å². The van der Waals surface area contributed by atoms with Crippen molar-refractivity contribution in [1.82, 2.24) is 0 Å². The molecule has 1 fully saturated rings. The van der Waals surface area contributed by atoms with Gasteiger partial charge in [-0.2, -0.15) is 0 Å². The number of nitrogens with zero attached hydrogens (tertiary/aromatic N) is 1. The highest BCUT2D eigenvalue weighted by atomic mass is 35.5. The van der Waals surface area contributed by atoms with Crippen LogP contribution in [0.25, 0.3) is 0 Å². The second-order valence-corrected chi connectivity index (χ2v) is 14.4. The molecule has 0 unspecified atom stereocenters. The van der Waals surface area contributed by atoms with Gasteiger partial charge in [0.05, 0.1) is 29.2 Å². The number of benzene rings is 1. The summed E-state index contributed by atoms with van der Waals surface area (Å²) in [6, 6.07) is 5.78. The van der Waals surface area contributed by atoms with E-state index in [1.165, 1.54) is 18.9 Å². The molecule has 0 aromatic heterocycles. The van der Waals surface area contributed by atoms with E-state index < -0.39 is 8.07 Å². The molecule has 3 nitrogen and oxygen atoms in total. The Morgan fingerprint density at radius 1 is 1.38 bits per heavy atom. The van der Waals surface area contributed by atoms with E-state index in [-0.39, 0.29) is 0 Å². The molecular formula is C18H29ClN2OSSi. The zero-order valence-corrected chi connectivity index (χ0v) is 18.0. The number of amidine groups is 1. The molecule has 1 saturated carbocycles. The SMILES string of the molecule is CSc1cc(OCCC[Si](C)(C)C)c(Cl)cc1NC(C)=NC1CC1. The van der Waals surface area contributed by atoms with Crippen molar-refractivity contribution in [2.45, 2.75) is 62.8 Å². The predicted molar refractivity (Wildman–Crippen MR) is 111 cm³/mol. The van der Waals surface area contributed by atoms with E-state index in [0.29, 0.717) is 11.1 Å². The van der Waals surface area contributed by atoms with E-state index in [9.17, 15) is 0 Å². The van der Waals surface area contributed by atoms with Gasteiger partial charge in [0, 0.05) is 13.0 Å². The molecule has 2 rings (SSSR count). The molecule has 1 aromatic rings. The number of anilines is 1. The van der Waals surface area contributed by atoms with Gasteiger partial charge in [-0.05, 0) is 44.6 Å². The monoisotopic (exact) mass is 384 g/mol. The minimum atomic E-state index is -1.00. The molecule has 1 aromatic carbocycles. The molecule has 0 heterocycles. The summed E-state index contributed by atoms with van der Waals surface area (Å²) in [7, 11) is -1.00. The van der Waals surface area contributed by atoms with Crippen LogP contribution in [0.4, 0.5) is 5.69 Å². The van der Waals surface area contributed by atoms with Crippen LogP contribution in [0.15, 0.2) is 22.0 Å². The summed E-state index contributed by atoms with van der Waals surface area (Å²) in [6.07, 6.45) is 5.57. The summed E-state index contributed by atoms with van der Waals surface area (Å²) in [6.45, 7) is 9.90. The Hall–Kier alpha value is -0.653. The Bertz CT molecular complexity index is 597. The highest BCUT2D eigenvalue weighted by Gasteiger charge is 2.20. The van der Waals surface area contributed by atoms with Crippen LogP contribution < -0.4 is 10.1 Å². The van der Waals surface area contributed by atoms with Crippen LogP contribution in [0.3, 0.4) is 0 Å². The van der Waals surface area contributed by atoms with E-state index >= 15 is 0 Å². The van der Waals surface area contributed by atoms with Crippen molar-refractivity contribution in [3.63, 3.8) is 0 Å². The molecule has 0 bridgehead atoms. The smallest absolute Gasteiger partial charge is 0.139 e. The first-order valence-corrected chi connectivity index (χ1v) is 13.9. The molecule has 1 N–H and O–H groups in total. The number of nitrogens with one attached hydrogen (secondary N) is 1. The largest absolute Gasteiger partial charge is 0.492 e. The van der Waals surface area contributed by atoms with Crippen molar-refractivity contribution >= 4 is 43.0 Å². The molecule has 6 heteroatoms. The fourth-order valence-electron chi connectivity index (χ4n) is 2.40. The average molecular weight is 385 g/mol. The van der Waals surface area contributed by atoms with Gasteiger partial charge in [0.25, 0.3) is 0 Å². The van der Waals surface area contributed by atoms with Crippen LogP contribution in [0.5, 0.6) is 5.75 Å². The molecule has 1 aliphatic rings. The first-order valence-electron chi connectivity index (χ1n) is 8.60. The molecule has 1 aliphatic carbocycles. The summed E-state index contributed by atoms with van der Waals surface area (Å²) in [5.74, 6) is 1.73. The highest BCUT2D eigenvalue weighted by molar-refractivity contribution is 7.98. The Kier molecular flexibility index (Phi) is 7.07. The van der Waals surface area contributed by atoms with Gasteiger partial charge in [-0.25, -0.2) is 0 Å². The van der Waals surface area contributed by atoms with Gasteiger partial charge in [0.1, 0.15) is 5.75 Å². The predicted octanol–water partition coefficient (Wildman–Crippen LogP) is 6.16. The van der Waals surface area contributed by atoms with Crippen LogP contribution in [0.1, 0.15) is 26.2 Å². The third-order valence-corrected chi connectivity index (χ3v) is 6.75. The Morgan fingerprint density at radius 2 is 2.08 bits per heavy atom. The Morgan fingerprint density at radius 3 is 2.67 bits per heavy atom. The maximum Gasteiger partial charge on any atom is 0.139 e. The minimum Gasteiger partial charge on any atom is -0.492 e. The fraction of sp³-hybridized carbons (Fsp3) is 0.611. The number of thioether (sulfide) groups is 1. The van der Waals surface area contributed by atoms with Crippen LogP contribution in [-0.4, -0.2) is 32.8 Å². The van der Waals surface area contributed by atoms with Crippen molar-refractivity contribution in [2.75, 3.05) is 18.2 Å². The van der Waals surface area contributed by atoms with E-state index in [2.05, 4.69) is 36.2 Å². The van der Waals surface area contributed by atoms with Crippen molar-refractivity contribution in [3.8, 4) is 5.75 Å². The molecule has 0 atom stereocenters. The molecule has 0 amide bonds. The van der Waals surface area contributed by atoms with E-state index in [1.807, 2.05) is 19.1 Å². The van der Waals surface area contributed by atoms with Crippen LogP contribution in [0.2, 0.25) is 30.7 Å². The number of rotatable bonds is 8. The molecular weight excluding hydrogens is 356 g/mol. The van der Waals surface area contributed by atoms with Gasteiger partial charge in [0.2, 0.25) is 0 Å². The van der Waals surface area contributed by atoms with Gasteiger partial charge < -0.3 is 10.1 Å². The Balaban J connectivity index is 2.00. The van der Waals surface area contributed by atoms with Gasteiger partial charge in [-0.15, -0.1) is 11.8 Å². The lowest BCUT2D eigenvalue weighted by molar-refractivity contribution is 0.316. The first-order chi connectivity index (χ1) is 11.3.